The maximum Gasteiger partial charge on any atom is 0.251 e. The summed E-state index contributed by atoms with van der Waals surface area (Å²) in [4.78, 5) is 12.5. The number of carbonyl (C=O) groups excluding carboxylic acids is 1. The van der Waals surface area contributed by atoms with Crippen LogP contribution in [0.2, 0.25) is 10.0 Å². The van der Waals surface area contributed by atoms with Gasteiger partial charge < -0.3 is 9.88 Å². The Morgan fingerprint density at radius 2 is 1.86 bits per heavy atom. The van der Waals surface area contributed by atoms with Crippen LogP contribution >= 0.6 is 35.0 Å². The number of hydrogen-bond acceptors (Lipinski definition) is 4. The average molecular weight is 435 g/mol. The van der Waals surface area contributed by atoms with E-state index in [9.17, 15) is 4.79 Å². The molecule has 3 aromatic rings. The lowest BCUT2D eigenvalue weighted by Crippen LogP contribution is -2.28. The van der Waals surface area contributed by atoms with Gasteiger partial charge in [-0.3, -0.25) is 4.79 Å². The molecule has 1 aromatic heterocycles. The molecule has 28 heavy (non-hydrogen) atoms. The molecule has 2 aromatic carbocycles. The molecule has 1 heterocycles. The molecule has 0 saturated carbocycles. The number of amides is 1. The fourth-order valence-electron chi connectivity index (χ4n) is 2.64. The van der Waals surface area contributed by atoms with E-state index in [1.54, 1.807) is 30.0 Å². The van der Waals surface area contributed by atoms with Gasteiger partial charge in [0.05, 0.1) is 16.1 Å². The van der Waals surface area contributed by atoms with Crippen LogP contribution in [0.25, 0.3) is 0 Å². The maximum absolute atomic E-state index is 12.5. The van der Waals surface area contributed by atoms with Crippen molar-refractivity contribution < 1.29 is 4.79 Å². The molecule has 1 N–H and O–H groups in total. The van der Waals surface area contributed by atoms with Gasteiger partial charge in [-0.25, -0.2) is 0 Å². The second kappa shape index (κ2) is 8.99. The summed E-state index contributed by atoms with van der Waals surface area (Å²) in [5, 5.41) is 13.0. The van der Waals surface area contributed by atoms with E-state index in [-0.39, 0.29) is 11.9 Å². The van der Waals surface area contributed by atoms with Crippen molar-refractivity contribution in [2.24, 2.45) is 7.05 Å². The minimum absolute atomic E-state index is 0.247. The lowest BCUT2D eigenvalue weighted by atomic mass is 10.2. The lowest BCUT2D eigenvalue weighted by Gasteiger charge is -2.14. The van der Waals surface area contributed by atoms with Crippen molar-refractivity contribution in [3.05, 3.63) is 75.0 Å². The Balaban J connectivity index is 1.65. The number of aryl methyl sites for hydroxylation is 1. The molecule has 0 bridgehead atoms. The largest absolute Gasteiger partial charge is 0.342 e. The summed E-state index contributed by atoms with van der Waals surface area (Å²) >= 11 is 13.5. The van der Waals surface area contributed by atoms with Crippen molar-refractivity contribution in [1.29, 1.82) is 0 Å². The van der Waals surface area contributed by atoms with Crippen molar-refractivity contribution in [3.8, 4) is 0 Å². The first-order valence-corrected chi connectivity index (χ1v) is 10.4. The molecule has 1 amide bonds. The van der Waals surface area contributed by atoms with Gasteiger partial charge in [0.15, 0.2) is 11.0 Å². The third kappa shape index (κ3) is 4.87. The number of nitrogens with one attached hydrogen (secondary N) is 1. The van der Waals surface area contributed by atoms with Crippen LogP contribution in [0.15, 0.2) is 47.6 Å². The Hall–Kier alpha value is -2.02. The number of hydrogen-bond donors (Lipinski definition) is 1. The van der Waals surface area contributed by atoms with E-state index in [0.717, 1.165) is 10.9 Å². The van der Waals surface area contributed by atoms with Gasteiger partial charge in [-0.2, -0.15) is 0 Å². The number of halogens is 2. The summed E-state index contributed by atoms with van der Waals surface area (Å²) in [6.45, 7) is 3.94. The summed E-state index contributed by atoms with van der Waals surface area (Å²) in [5.74, 6) is 1.23. The molecule has 0 aliphatic heterocycles. The Bertz CT molecular complexity index is 988. The van der Waals surface area contributed by atoms with Crippen LogP contribution in [0.5, 0.6) is 0 Å². The molecule has 0 aliphatic carbocycles. The van der Waals surface area contributed by atoms with Crippen molar-refractivity contribution in [2.45, 2.75) is 30.8 Å². The topological polar surface area (TPSA) is 59.8 Å². The third-order valence-corrected chi connectivity index (χ3v) is 6.10. The quantitative estimate of drug-likeness (QED) is 0.540. The summed E-state index contributed by atoms with van der Waals surface area (Å²) in [5.41, 5.74) is 2.90. The van der Waals surface area contributed by atoms with E-state index in [2.05, 4.69) is 46.7 Å². The number of rotatable bonds is 6. The van der Waals surface area contributed by atoms with Crippen LogP contribution in [0, 0.1) is 6.92 Å². The Morgan fingerprint density at radius 3 is 2.54 bits per heavy atom. The average Bonchev–Trinajstić information content (AvgIpc) is 3.04. The lowest BCUT2D eigenvalue weighted by molar-refractivity contribution is 0.0937. The first kappa shape index (κ1) is 20.7. The van der Waals surface area contributed by atoms with Gasteiger partial charge in [0.1, 0.15) is 0 Å². The summed E-state index contributed by atoms with van der Waals surface area (Å²) < 4.78 is 1.90. The number of nitrogens with zero attached hydrogens (tertiary/aromatic N) is 3. The molecule has 146 valence electrons. The minimum atomic E-state index is -0.312. The molecule has 8 heteroatoms. The molecule has 5 nitrogen and oxygen atoms in total. The molecular formula is C20H20Cl2N4OS. The molecule has 0 saturated heterocycles. The Labute approximate surface area is 178 Å². The van der Waals surface area contributed by atoms with Crippen LogP contribution < -0.4 is 5.32 Å². The Kier molecular flexibility index (Phi) is 6.65. The molecule has 0 radical (unpaired) electrons. The van der Waals surface area contributed by atoms with E-state index in [4.69, 9.17) is 23.2 Å². The van der Waals surface area contributed by atoms with Gasteiger partial charge in [-0.1, -0.05) is 64.8 Å². The highest BCUT2D eigenvalue weighted by molar-refractivity contribution is 7.98. The zero-order valence-electron chi connectivity index (χ0n) is 15.7. The van der Waals surface area contributed by atoms with Crippen molar-refractivity contribution in [2.75, 3.05) is 0 Å². The van der Waals surface area contributed by atoms with E-state index < -0.39 is 0 Å². The fraction of sp³-hybridized carbons (Fsp3) is 0.250. The summed E-state index contributed by atoms with van der Waals surface area (Å²) in [6.07, 6.45) is 0. The highest BCUT2D eigenvalue weighted by Gasteiger charge is 2.19. The van der Waals surface area contributed by atoms with Gasteiger partial charge in [-0.15, -0.1) is 10.2 Å². The van der Waals surface area contributed by atoms with Gasteiger partial charge in [0, 0.05) is 18.4 Å². The predicted molar refractivity (Wildman–Crippen MR) is 114 cm³/mol. The van der Waals surface area contributed by atoms with Crippen LogP contribution in [0.3, 0.4) is 0 Å². The monoisotopic (exact) mass is 434 g/mol. The number of carbonyl (C=O) groups is 1. The van der Waals surface area contributed by atoms with Gasteiger partial charge >= 0.3 is 0 Å². The molecule has 1 atom stereocenters. The van der Waals surface area contributed by atoms with E-state index in [0.29, 0.717) is 21.4 Å². The highest BCUT2D eigenvalue weighted by atomic mass is 35.5. The molecule has 0 aliphatic rings. The van der Waals surface area contributed by atoms with Crippen LogP contribution in [0.4, 0.5) is 0 Å². The molecule has 3 rings (SSSR count). The van der Waals surface area contributed by atoms with Crippen molar-refractivity contribution in [3.63, 3.8) is 0 Å². The van der Waals surface area contributed by atoms with Crippen LogP contribution in [-0.4, -0.2) is 20.7 Å². The summed E-state index contributed by atoms with van der Waals surface area (Å²) in [6, 6.07) is 12.9. The fourth-order valence-corrected chi connectivity index (χ4v) is 3.82. The number of aromatic nitrogens is 3. The zero-order chi connectivity index (χ0) is 20.3. The summed E-state index contributed by atoms with van der Waals surface area (Å²) in [7, 11) is 1.90. The highest BCUT2D eigenvalue weighted by Crippen LogP contribution is 2.25. The van der Waals surface area contributed by atoms with Gasteiger partial charge in [0.2, 0.25) is 0 Å². The molecular weight excluding hydrogens is 415 g/mol. The minimum Gasteiger partial charge on any atom is -0.342 e. The van der Waals surface area contributed by atoms with Gasteiger partial charge in [0.25, 0.3) is 5.91 Å². The Morgan fingerprint density at radius 1 is 1.14 bits per heavy atom. The van der Waals surface area contributed by atoms with Crippen LogP contribution in [0.1, 0.15) is 40.3 Å². The first-order valence-electron chi connectivity index (χ1n) is 8.68. The normalized spacial score (nSPS) is 12.0. The maximum atomic E-state index is 12.5. The third-order valence-electron chi connectivity index (χ3n) is 4.27. The SMILES string of the molecule is Cc1ccc(CSc2nnc([C@@H](C)NC(=O)c3ccc(Cl)c(Cl)c3)n2C)cc1. The predicted octanol–water partition coefficient (Wildman–Crippen LogP) is 5.21. The van der Waals surface area contributed by atoms with Crippen molar-refractivity contribution in [1.82, 2.24) is 20.1 Å². The standard InChI is InChI=1S/C20H20Cl2N4OS/c1-12-4-6-14(7-5-12)11-28-20-25-24-18(26(20)3)13(2)23-19(27)15-8-9-16(21)17(22)10-15/h4-10,13H,11H2,1-3H3,(H,23,27)/t13-/m1/s1. The number of benzene rings is 2. The smallest absolute Gasteiger partial charge is 0.251 e. The second-order valence-electron chi connectivity index (χ2n) is 6.50. The van der Waals surface area contributed by atoms with E-state index in [1.165, 1.54) is 11.1 Å². The molecule has 0 fully saturated rings. The zero-order valence-corrected chi connectivity index (χ0v) is 18.1. The molecule has 0 unspecified atom stereocenters. The second-order valence-corrected chi connectivity index (χ2v) is 8.26. The molecule has 0 spiro atoms. The van der Waals surface area contributed by atoms with Gasteiger partial charge in [-0.05, 0) is 37.6 Å². The van der Waals surface area contributed by atoms with Crippen LogP contribution in [-0.2, 0) is 12.8 Å². The number of thioether (sulfide) groups is 1. The van der Waals surface area contributed by atoms with E-state index in [1.807, 2.05) is 18.5 Å². The van der Waals surface area contributed by atoms with Crippen molar-refractivity contribution >= 4 is 40.9 Å². The van der Waals surface area contributed by atoms with E-state index >= 15 is 0 Å². The first-order chi connectivity index (χ1) is 13.3.